The number of rotatable bonds is 3. The fourth-order valence-corrected chi connectivity index (χ4v) is 2.34. The van der Waals surface area contributed by atoms with Crippen LogP contribution < -0.4 is 10.6 Å². The van der Waals surface area contributed by atoms with Crippen LogP contribution in [0.4, 0.5) is 5.69 Å². The molecule has 0 atom stereocenters. The highest BCUT2D eigenvalue weighted by molar-refractivity contribution is 7.80. The minimum atomic E-state index is 0.408. The van der Waals surface area contributed by atoms with Crippen LogP contribution in [0.5, 0.6) is 0 Å². The van der Waals surface area contributed by atoms with Gasteiger partial charge >= 0.3 is 0 Å². The van der Waals surface area contributed by atoms with Gasteiger partial charge in [0.1, 0.15) is 4.99 Å². The summed E-state index contributed by atoms with van der Waals surface area (Å²) in [6.07, 6.45) is 3.60. The molecule has 1 aromatic rings. The molecule has 0 aliphatic carbocycles. The highest BCUT2D eigenvalue weighted by Gasteiger charge is 2.19. The van der Waals surface area contributed by atoms with Gasteiger partial charge in [-0.3, -0.25) is 9.88 Å². The van der Waals surface area contributed by atoms with Crippen molar-refractivity contribution in [1.82, 2.24) is 9.88 Å². The predicted octanol–water partition coefficient (Wildman–Crippen LogP) is 1.25. The molecule has 0 unspecified atom stereocenters. The van der Waals surface area contributed by atoms with Gasteiger partial charge in [-0.1, -0.05) is 12.2 Å². The number of nitrogens with two attached hydrogens (primary N) is 1. The lowest BCUT2D eigenvalue weighted by atomic mass is 10.2. The molecule has 0 saturated carbocycles. The SMILES string of the molecule is CC(C)N1CCN(c2cncc(C(N)=S)c2)CC1. The van der Waals surface area contributed by atoms with Crippen molar-refractivity contribution in [3.8, 4) is 0 Å². The molecule has 0 amide bonds. The van der Waals surface area contributed by atoms with E-state index in [-0.39, 0.29) is 0 Å². The second kappa shape index (κ2) is 5.63. The summed E-state index contributed by atoms with van der Waals surface area (Å²) in [6, 6.07) is 2.65. The molecule has 0 radical (unpaired) electrons. The second-order valence-corrected chi connectivity index (χ2v) is 5.35. The van der Waals surface area contributed by atoms with Crippen molar-refractivity contribution in [2.24, 2.45) is 5.73 Å². The third kappa shape index (κ3) is 2.97. The maximum absolute atomic E-state index is 5.64. The molecule has 1 fully saturated rings. The molecule has 98 valence electrons. The van der Waals surface area contributed by atoms with E-state index in [1.807, 2.05) is 12.3 Å². The van der Waals surface area contributed by atoms with Crippen molar-refractivity contribution in [2.45, 2.75) is 19.9 Å². The third-order valence-corrected chi connectivity index (χ3v) is 3.65. The number of nitrogens with zero attached hydrogens (tertiary/aromatic N) is 3. The number of aromatic nitrogens is 1. The van der Waals surface area contributed by atoms with Gasteiger partial charge in [-0.05, 0) is 19.9 Å². The number of hydrogen-bond donors (Lipinski definition) is 1. The number of anilines is 1. The van der Waals surface area contributed by atoms with Gasteiger partial charge in [0, 0.05) is 44.0 Å². The van der Waals surface area contributed by atoms with Crippen LogP contribution in [0, 0.1) is 0 Å². The molecule has 1 saturated heterocycles. The van der Waals surface area contributed by atoms with Crippen LogP contribution in [0.2, 0.25) is 0 Å². The topological polar surface area (TPSA) is 45.4 Å². The first-order valence-electron chi connectivity index (χ1n) is 6.32. The Hall–Kier alpha value is -1.20. The van der Waals surface area contributed by atoms with Gasteiger partial charge in [-0.25, -0.2) is 0 Å². The van der Waals surface area contributed by atoms with Crippen LogP contribution in [0.25, 0.3) is 0 Å². The fourth-order valence-electron chi connectivity index (χ4n) is 2.23. The first-order chi connectivity index (χ1) is 8.58. The first-order valence-corrected chi connectivity index (χ1v) is 6.72. The molecule has 5 heteroatoms. The normalized spacial score (nSPS) is 17.2. The molecule has 0 aromatic carbocycles. The minimum absolute atomic E-state index is 0.408. The van der Waals surface area contributed by atoms with E-state index in [1.165, 1.54) is 0 Å². The molecule has 0 spiro atoms. The van der Waals surface area contributed by atoms with E-state index in [2.05, 4.69) is 28.6 Å². The largest absolute Gasteiger partial charge is 0.389 e. The molecule has 1 aliphatic rings. The first kappa shape index (κ1) is 13.2. The summed E-state index contributed by atoms with van der Waals surface area (Å²) >= 11 is 4.99. The van der Waals surface area contributed by atoms with Crippen molar-refractivity contribution in [2.75, 3.05) is 31.1 Å². The Morgan fingerprint density at radius 1 is 1.28 bits per heavy atom. The molecule has 4 nitrogen and oxygen atoms in total. The van der Waals surface area contributed by atoms with Crippen molar-refractivity contribution in [3.05, 3.63) is 24.0 Å². The van der Waals surface area contributed by atoms with Gasteiger partial charge in [-0.2, -0.15) is 0 Å². The Kier molecular flexibility index (Phi) is 4.14. The Morgan fingerprint density at radius 3 is 2.50 bits per heavy atom. The van der Waals surface area contributed by atoms with E-state index in [4.69, 9.17) is 18.0 Å². The standard InChI is InChI=1S/C13H20N4S/c1-10(2)16-3-5-17(6-4-16)12-7-11(13(14)18)8-15-9-12/h7-10H,3-6H2,1-2H3,(H2,14,18). The van der Waals surface area contributed by atoms with Crippen molar-refractivity contribution < 1.29 is 0 Å². The van der Waals surface area contributed by atoms with Crippen LogP contribution in [0.1, 0.15) is 19.4 Å². The lowest BCUT2D eigenvalue weighted by Crippen LogP contribution is -2.49. The summed E-state index contributed by atoms with van der Waals surface area (Å²) in [6.45, 7) is 8.72. The maximum Gasteiger partial charge on any atom is 0.105 e. The smallest absolute Gasteiger partial charge is 0.105 e. The summed E-state index contributed by atoms with van der Waals surface area (Å²) in [5, 5.41) is 0. The number of pyridine rings is 1. The highest BCUT2D eigenvalue weighted by Crippen LogP contribution is 2.17. The summed E-state index contributed by atoms with van der Waals surface area (Å²) in [5.74, 6) is 0. The zero-order chi connectivity index (χ0) is 13.1. The Balaban J connectivity index is 2.05. The zero-order valence-electron chi connectivity index (χ0n) is 11.0. The van der Waals surface area contributed by atoms with Gasteiger partial charge in [0.15, 0.2) is 0 Å². The van der Waals surface area contributed by atoms with Crippen molar-refractivity contribution in [3.63, 3.8) is 0 Å². The average Bonchev–Trinajstić information content (AvgIpc) is 2.39. The molecule has 2 N–H and O–H groups in total. The summed E-state index contributed by atoms with van der Waals surface area (Å²) in [7, 11) is 0. The quantitative estimate of drug-likeness (QED) is 0.832. The second-order valence-electron chi connectivity index (χ2n) is 4.91. The monoisotopic (exact) mass is 264 g/mol. The Bertz CT molecular complexity index is 425. The molecule has 18 heavy (non-hydrogen) atoms. The lowest BCUT2D eigenvalue weighted by molar-refractivity contribution is 0.209. The van der Waals surface area contributed by atoms with Crippen LogP contribution in [0.3, 0.4) is 0 Å². The third-order valence-electron chi connectivity index (χ3n) is 3.42. The molecule has 2 rings (SSSR count). The molecular formula is C13H20N4S. The Morgan fingerprint density at radius 2 is 1.94 bits per heavy atom. The van der Waals surface area contributed by atoms with E-state index in [0.717, 1.165) is 37.4 Å². The van der Waals surface area contributed by atoms with E-state index in [1.54, 1.807) is 6.20 Å². The lowest BCUT2D eigenvalue weighted by Gasteiger charge is -2.38. The number of thiocarbonyl (C=S) groups is 1. The van der Waals surface area contributed by atoms with E-state index in [0.29, 0.717) is 11.0 Å². The van der Waals surface area contributed by atoms with Crippen LogP contribution in [-0.2, 0) is 0 Å². The van der Waals surface area contributed by atoms with Gasteiger partial charge in [0.05, 0.1) is 11.9 Å². The van der Waals surface area contributed by atoms with Crippen molar-refractivity contribution >= 4 is 22.9 Å². The number of piperazine rings is 1. The molecule has 2 heterocycles. The van der Waals surface area contributed by atoms with Gasteiger partial charge in [0.2, 0.25) is 0 Å². The average molecular weight is 264 g/mol. The fraction of sp³-hybridized carbons (Fsp3) is 0.538. The maximum atomic E-state index is 5.64. The van der Waals surface area contributed by atoms with Crippen LogP contribution in [0.15, 0.2) is 18.5 Å². The van der Waals surface area contributed by atoms with E-state index in [9.17, 15) is 0 Å². The van der Waals surface area contributed by atoms with Gasteiger partial charge in [-0.15, -0.1) is 0 Å². The van der Waals surface area contributed by atoms with Crippen molar-refractivity contribution in [1.29, 1.82) is 0 Å². The molecular weight excluding hydrogens is 244 g/mol. The summed E-state index contributed by atoms with van der Waals surface area (Å²) in [4.78, 5) is 9.45. The summed E-state index contributed by atoms with van der Waals surface area (Å²) in [5.41, 5.74) is 7.59. The summed E-state index contributed by atoms with van der Waals surface area (Å²) < 4.78 is 0. The van der Waals surface area contributed by atoms with E-state index >= 15 is 0 Å². The zero-order valence-corrected chi connectivity index (χ0v) is 11.8. The van der Waals surface area contributed by atoms with Crippen LogP contribution in [-0.4, -0.2) is 47.1 Å². The van der Waals surface area contributed by atoms with E-state index < -0.39 is 0 Å². The Labute approximate surface area is 114 Å². The molecule has 0 bridgehead atoms. The molecule has 1 aliphatic heterocycles. The molecule has 1 aromatic heterocycles. The van der Waals surface area contributed by atoms with Gasteiger partial charge in [0.25, 0.3) is 0 Å². The highest BCUT2D eigenvalue weighted by atomic mass is 32.1. The number of hydrogen-bond acceptors (Lipinski definition) is 4. The van der Waals surface area contributed by atoms with Gasteiger partial charge < -0.3 is 10.6 Å². The van der Waals surface area contributed by atoms with Crippen LogP contribution >= 0.6 is 12.2 Å². The predicted molar refractivity (Wildman–Crippen MR) is 79.0 cm³/mol. The minimum Gasteiger partial charge on any atom is -0.389 e.